The van der Waals surface area contributed by atoms with E-state index in [1.807, 2.05) is 6.56 Å². The molecule has 1 heterocycles. The third-order valence-corrected chi connectivity index (χ3v) is 18.8. The van der Waals surface area contributed by atoms with Gasteiger partial charge in [-0.3, -0.25) is 0 Å². The first kappa shape index (κ1) is 22.5. The van der Waals surface area contributed by atoms with Gasteiger partial charge in [-0.15, -0.1) is 0 Å². The van der Waals surface area contributed by atoms with E-state index in [-0.39, 0.29) is 24.8 Å². The van der Waals surface area contributed by atoms with Crippen LogP contribution in [0.1, 0.15) is 37.8 Å². The van der Waals surface area contributed by atoms with E-state index >= 15 is 0 Å². The van der Waals surface area contributed by atoms with Crippen molar-refractivity contribution in [1.29, 1.82) is 0 Å². The quantitative estimate of drug-likeness (QED) is 0.598. The Morgan fingerprint density at radius 3 is 1.31 bits per heavy atom. The minimum Gasteiger partial charge on any atom is -1.00 e. The van der Waals surface area contributed by atoms with E-state index in [0.29, 0.717) is 0 Å². The maximum atomic E-state index is 2.48. The van der Waals surface area contributed by atoms with Crippen molar-refractivity contribution in [3.8, 4) is 0 Å². The molecule has 5 rings (SSSR count). The summed E-state index contributed by atoms with van der Waals surface area (Å²) in [5.41, 5.74) is 9.09. The smallest absolute Gasteiger partial charge is 1.00 e. The summed E-state index contributed by atoms with van der Waals surface area (Å²) in [5, 5.41) is 0. The monoisotopic (exact) mass is 498 g/mol. The molecule has 29 heavy (non-hydrogen) atoms. The fraction of sp³-hybridized carbons (Fsp3) is 0.231. The summed E-state index contributed by atoms with van der Waals surface area (Å²) in [4.78, 5) is 0. The fourth-order valence-electron chi connectivity index (χ4n) is 5.14. The van der Waals surface area contributed by atoms with Crippen molar-refractivity contribution in [2.45, 2.75) is 34.9 Å². The van der Waals surface area contributed by atoms with Crippen LogP contribution in [0.25, 0.3) is 11.1 Å². The Balaban J connectivity index is 0.00000120. The van der Waals surface area contributed by atoms with Gasteiger partial charge in [-0.1, -0.05) is 0 Å². The zero-order valence-corrected chi connectivity index (χ0v) is 21.0. The maximum Gasteiger partial charge on any atom is -1.00 e. The van der Waals surface area contributed by atoms with Crippen LogP contribution in [0.4, 0.5) is 0 Å². The minimum atomic E-state index is -2.30. The topological polar surface area (TPSA) is 0 Å². The van der Waals surface area contributed by atoms with E-state index in [2.05, 4.69) is 86.7 Å². The Hall–Kier alpha value is -1.14. The van der Waals surface area contributed by atoms with Crippen molar-refractivity contribution in [2.75, 3.05) is 0 Å². The predicted molar refractivity (Wildman–Crippen MR) is 113 cm³/mol. The van der Waals surface area contributed by atoms with Crippen molar-refractivity contribution in [1.82, 2.24) is 0 Å². The van der Waals surface area contributed by atoms with Crippen LogP contribution in [0.15, 0.2) is 90.5 Å². The molecule has 0 atom stereocenters. The molecule has 2 aromatic rings. The second-order valence-corrected chi connectivity index (χ2v) is 19.1. The van der Waals surface area contributed by atoms with Gasteiger partial charge in [0, 0.05) is 0 Å². The number of hydrogen-bond donors (Lipinski definition) is 0. The molecule has 2 aliphatic carbocycles. The number of hydrogen-bond acceptors (Lipinski definition) is 0. The standard InChI is InChI=1S/2C12H11.C2H4.2ClH.Zr/c2*1-10-7-8-12(9-10)11-5-3-2-4-6-11;1-2;;;/h2*2-6,9H,8H2,1H3;1-2H2;2*1H;/q;;;;;+2/p-2. The first-order chi connectivity index (χ1) is 13.2. The molecule has 1 aliphatic heterocycles. The molecule has 2 aromatic carbocycles. The molecule has 3 aliphatic rings. The molecular weight excluding hydrogens is 474 g/mol. The molecule has 0 bridgehead atoms. The van der Waals surface area contributed by atoms with Crippen LogP contribution in [0.2, 0.25) is 8.26 Å². The van der Waals surface area contributed by atoms with E-state index < -0.39 is 20.3 Å². The average Bonchev–Trinajstić information content (AvgIpc) is 3.25. The summed E-state index contributed by atoms with van der Waals surface area (Å²) in [6.07, 6.45) is 7.39. The maximum absolute atomic E-state index is 2.48. The van der Waals surface area contributed by atoms with E-state index in [1.54, 1.807) is 22.3 Å². The van der Waals surface area contributed by atoms with Gasteiger partial charge < -0.3 is 24.8 Å². The van der Waals surface area contributed by atoms with Crippen LogP contribution in [-0.4, -0.2) is 0 Å². The second-order valence-electron chi connectivity index (χ2n) is 8.33. The normalized spacial score (nSPS) is 18.3. The van der Waals surface area contributed by atoms with Crippen molar-refractivity contribution in [3.05, 3.63) is 102 Å². The van der Waals surface area contributed by atoms with Gasteiger partial charge in [0.05, 0.1) is 0 Å². The third-order valence-electron chi connectivity index (χ3n) is 6.66. The van der Waals surface area contributed by atoms with Gasteiger partial charge in [-0.25, -0.2) is 0 Å². The third kappa shape index (κ3) is 4.07. The van der Waals surface area contributed by atoms with Crippen molar-refractivity contribution >= 4 is 11.1 Å². The summed E-state index contributed by atoms with van der Waals surface area (Å²) >= 11 is -2.30. The summed E-state index contributed by atoms with van der Waals surface area (Å²) in [7, 11) is 0. The van der Waals surface area contributed by atoms with E-state index in [0.717, 1.165) is 0 Å². The van der Waals surface area contributed by atoms with Crippen LogP contribution in [0.3, 0.4) is 0 Å². The number of rotatable bonds is 4. The van der Waals surface area contributed by atoms with Gasteiger partial charge in [0.1, 0.15) is 0 Å². The van der Waals surface area contributed by atoms with E-state index in [4.69, 9.17) is 0 Å². The zero-order valence-electron chi connectivity index (χ0n) is 17.0. The molecule has 0 unspecified atom stereocenters. The summed E-state index contributed by atoms with van der Waals surface area (Å²) in [6, 6.07) is 22.0. The summed E-state index contributed by atoms with van der Waals surface area (Å²) in [5.74, 6) is 0. The summed E-state index contributed by atoms with van der Waals surface area (Å²) in [6.45, 7) is 4.75. The molecule has 1 fully saturated rings. The van der Waals surface area contributed by atoms with Crippen LogP contribution in [-0.2, 0) is 20.3 Å². The second kappa shape index (κ2) is 8.93. The molecule has 0 N–H and O–H groups in total. The van der Waals surface area contributed by atoms with Crippen molar-refractivity contribution < 1.29 is 45.1 Å². The SMILES string of the molecule is CC1=[C]([Zr+2]2([C]3=C(C)C=C(c4ccccc4)C3)[CH2][CH2]2)CC(c2ccccc2)=C1.[Cl-].[Cl-]. The molecule has 0 spiro atoms. The Labute approximate surface area is 191 Å². The van der Waals surface area contributed by atoms with E-state index in [9.17, 15) is 0 Å². The van der Waals surface area contributed by atoms with Crippen molar-refractivity contribution in [2.24, 2.45) is 0 Å². The van der Waals surface area contributed by atoms with Gasteiger partial charge >= 0.3 is 168 Å². The van der Waals surface area contributed by atoms with Gasteiger partial charge in [-0.2, -0.15) is 0 Å². The molecule has 148 valence electrons. The van der Waals surface area contributed by atoms with E-state index in [1.165, 1.54) is 32.2 Å². The zero-order chi connectivity index (χ0) is 18.4. The summed E-state index contributed by atoms with van der Waals surface area (Å²) < 4.78 is 6.83. The van der Waals surface area contributed by atoms with Gasteiger partial charge in [0.15, 0.2) is 0 Å². The Bertz CT molecular complexity index is 941. The molecular formula is C26H26Cl2Zr. The first-order valence-electron chi connectivity index (χ1n) is 10.1. The molecule has 1 saturated heterocycles. The average molecular weight is 501 g/mol. The molecule has 0 saturated carbocycles. The molecule has 0 radical (unpaired) electrons. The Kier molecular flexibility index (Phi) is 6.94. The minimum absolute atomic E-state index is 0. The predicted octanol–water partition coefficient (Wildman–Crippen LogP) is 1.52. The van der Waals surface area contributed by atoms with Crippen molar-refractivity contribution in [3.63, 3.8) is 0 Å². The Morgan fingerprint density at radius 1 is 0.586 bits per heavy atom. The Morgan fingerprint density at radius 2 is 0.966 bits per heavy atom. The molecule has 0 amide bonds. The van der Waals surface area contributed by atoms with Crippen LogP contribution < -0.4 is 24.8 Å². The first-order valence-corrected chi connectivity index (χ1v) is 16.0. The largest absolute Gasteiger partial charge is 1.00 e. The van der Waals surface area contributed by atoms with Crippen LogP contribution >= 0.6 is 0 Å². The number of allylic oxidation sites excluding steroid dienone is 8. The number of benzene rings is 2. The molecule has 0 aromatic heterocycles. The van der Waals surface area contributed by atoms with Gasteiger partial charge in [0.25, 0.3) is 0 Å². The van der Waals surface area contributed by atoms with Crippen LogP contribution in [0.5, 0.6) is 0 Å². The molecule has 3 heteroatoms. The van der Waals surface area contributed by atoms with Crippen LogP contribution in [0, 0.1) is 0 Å². The molecule has 0 nitrogen and oxygen atoms in total. The van der Waals surface area contributed by atoms with Gasteiger partial charge in [0.2, 0.25) is 0 Å². The number of halogens is 2. The fourth-order valence-corrected chi connectivity index (χ4v) is 19.9. The van der Waals surface area contributed by atoms with Gasteiger partial charge in [-0.05, 0) is 0 Å².